The Kier molecular flexibility index (Phi) is 4.89. The second-order valence-corrected chi connectivity index (χ2v) is 8.97. The van der Waals surface area contributed by atoms with Crippen LogP contribution in [-0.4, -0.2) is 48.2 Å². The maximum Gasteiger partial charge on any atom is 0.254 e. The number of amides is 1. The van der Waals surface area contributed by atoms with Crippen LogP contribution in [0.4, 0.5) is 5.13 Å². The minimum absolute atomic E-state index is 0.121. The Labute approximate surface area is 178 Å². The van der Waals surface area contributed by atoms with Crippen molar-refractivity contribution in [2.45, 2.75) is 4.90 Å². The first-order valence-corrected chi connectivity index (χ1v) is 11.7. The van der Waals surface area contributed by atoms with E-state index in [0.717, 1.165) is 40.1 Å². The monoisotopic (exact) mass is 419 g/mol. The second-order valence-electron chi connectivity index (χ2n) is 7.11. The van der Waals surface area contributed by atoms with Crippen molar-refractivity contribution in [3.8, 4) is 0 Å². The third-order valence-corrected chi connectivity index (χ3v) is 7.30. The van der Waals surface area contributed by atoms with Crippen molar-refractivity contribution in [3.63, 3.8) is 0 Å². The fourth-order valence-corrected chi connectivity index (χ4v) is 5.57. The number of thiazole rings is 1. The van der Waals surface area contributed by atoms with Gasteiger partial charge in [-0.15, -0.1) is 11.8 Å². The van der Waals surface area contributed by atoms with Crippen LogP contribution < -0.4 is 4.90 Å². The van der Waals surface area contributed by atoms with Gasteiger partial charge in [0, 0.05) is 36.6 Å². The van der Waals surface area contributed by atoms with Gasteiger partial charge in [0.2, 0.25) is 0 Å². The van der Waals surface area contributed by atoms with E-state index < -0.39 is 0 Å². The maximum atomic E-state index is 13.2. The lowest BCUT2D eigenvalue weighted by atomic mass is 10.0. The molecule has 1 aliphatic heterocycles. The molecule has 3 aromatic carbocycles. The molecule has 4 aromatic rings. The summed E-state index contributed by atoms with van der Waals surface area (Å²) in [5.41, 5.74) is 1.88. The smallest absolute Gasteiger partial charge is 0.254 e. The lowest BCUT2D eigenvalue weighted by Crippen LogP contribution is -2.48. The van der Waals surface area contributed by atoms with E-state index in [1.165, 1.54) is 9.60 Å². The van der Waals surface area contributed by atoms with Crippen LogP contribution in [0.5, 0.6) is 0 Å². The highest BCUT2D eigenvalue weighted by Crippen LogP contribution is 2.34. The van der Waals surface area contributed by atoms with Gasteiger partial charge in [-0.1, -0.05) is 53.8 Å². The number of nitrogens with zero attached hydrogens (tertiary/aromatic N) is 3. The molecule has 0 N–H and O–H groups in total. The number of carbonyl (C=O) groups excluding carboxylic acids is 1. The van der Waals surface area contributed by atoms with E-state index in [0.29, 0.717) is 13.1 Å². The van der Waals surface area contributed by atoms with E-state index >= 15 is 0 Å². The lowest BCUT2D eigenvalue weighted by molar-refractivity contribution is 0.0749. The Balaban J connectivity index is 1.34. The molecule has 0 saturated carbocycles. The maximum absolute atomic E-state index is 13.2. The fourth-order valence-electron chi connectivity index (χ4n) is 3.89. The topological polar surface area (TPSA) is 36.4 Å². The first-order chi connectivity index (χ1) is 14.2. The van der Waals surface area contributed by atoms with Gasteiger partial charge in [0.1, 0.15) is 0 Å². The van der Waals surface area contributed by atoms with Crippen molar-refractivity contribution < 1.29 is 4.79 Å². The summed E-state index contributed by atoms with van der Waals surface area (Å²) in [6.45, 7) is 3.05. The number of aromatic nitrogens is 1. The molecule has 4 nitrogen and oxygen atoms in total. The number of anilines is 1. The molecule has 29 heavy (non-hydrogen) atoms. The van der Waals surface area contributed by atoms with Crippen molar-refractivity contribution in [2.24, 2.45) is 0 Å². The zero-order chi connectivity index (χ0) is 19.8. The highest BCUT2D eigenvalue weighted by molar-refractivity contribution is 7.98. The number of hydrogen-bond donors (Lipinski definition) is 0. The van der Waals surface area contributed by atoms with Gasteiger partial charge in [0.15, 0.2) is 5.13 Å². The van der Waals surface area contributed by atoms with Crippen LogP contribution in [0.15, 0.2) is 65.6 Å². The van der Waals surface area contributed by atoms with Crippen molar-refractivity contribution >= 4 is 55.1 Å². The van der Waals surface area contributed by atoms with Gasteiger partial charge in [-0.2, -0.15) is 0 Å². The summed E-state index contributed by atoms with van der Waals surface area (Å²) < 4.78 is 1.22. The third-order valence-electron chi connectivity index (χ3n) is 5.45. The molecule has 2 heterocycles. The summed E-state index contributed by atoms with van der Waals surface area (Å²) in [5.74, 6) is 0.121. The van der Waals surface area contributed by atoms with Gasteiger partial charge in [-0.05, 0) is 35.2 Å². The van der Waals surface area contributed by atoms with Crippen LogP contribution in [0, 0.1) is 0 Å². The zero-order valence-electron chi connectivity index (χ0n) is 16.2. The molecule has 0 bridgehead atoms. The Morgan fingerprint density at radius 2 is 1.72 bits per heavy atom. The molecular formula is C23H21N3OS2. The van der Waals surface area contributed by atoms with Crippen molar-refractivity contribution in [1.29, 1.82) is 0 Å². The zero-order valence-corrected chi connectivity index (χ0v) is 17.8. The van der Waals surface area contributed by atoms with Crippen LogP contribution in [0.3, 0.4) is 0 Å². The highest BCUT2D eigenvalue weighted by atomic mass is 32.2. The molecule has 0 spiro atoms. The van der Waals surface area contributed by atoms with Crippen LogP contribution in [0.2, 0.25) is 0 Å². The van der Waals surface area contributed by atoms with Gasteiger partial charge in [-0.25, -0.2) is 4.98 Å². The predicted octanol–water partition coefficient (Wildman–Crippen LogP) is 5.13. The van der Waals surface area contributed by atoms with Crippen LogP contribution in [0.1, 0.15) is 10.4 Å². The SMILES string of the molecule is CSc1cccc2sc(N3CCN(C(=O)c4cccc5ccccc45)CC3)nc12. The van der Waals surface area contributed by atoms with Crippen molar-refractivity contribution in [3.05, 3.63) is 66.2 Å². The van der Waals surface area contributed by atoms with Crippen LogP contribution in [-0.2, 0) is 0 Å². The summed E-state index contributed by atoms with van der Waals surface area (Å²) in [5, 5.41) is 3.19. The standard InChI is InChI=1S/C23H21N3OS2/c1-28-19-10-5-11-20-21(19)24-23(29-20)26-14-12-25(13-15-26)22(27)18-9-4-7-16-6-2-3-8-17(16)18/h2-11H,12-15H2,1H3. The summed E-state index contributed by atoms with van der Waals surface area (Å²) >= 11 is 3.47. The molecule has 1 amide bonds. The molecule has 1 aliphatic rings. The molecule has 0 aliphatic carbocycles. The van der Waals surface area contributed by atoms with Gasteiger partial charge < -0.3 is 9.80 Å². The Morgan fingerprint density at radius 3 is 2.55 bits per heavy atom. The molecule has 6 heteroatoms. The molecule has 1 aromatic heterocycles. The largest absolute Gasteiger partial charge is 0.345 e. The van der Waals surface area contributed by atoms with E-state index in [4.69, 9.17) is 4.98 Å². The van der Waals surface area contributed by atoms with Crippen LogP contribution in [0.25, 0.3) is 21.0 Å². The number of benzene rings is 3. The number of carbonyl (C=O) groups is 1. The van der Waals surface area contributed by atoms with Crippen LogP contribution >= 0.6 is 23.1 Å². The van der Waals surface area contributed by atoms with E-state index in [-0.39, 0.29) is 5.91 Å². The number of rotatable bonds is 3. The number of thioether (sulfide) groups is 1. The molecule has 0 radical (unpaired) electrons. The summed E-state index contributed by atoms with van der Waals surface area (Å²) in [7, 11) is 0. The average Bonchev–Trinajstić information content (AvgIpc) is 3.23. The van der Waals surface area contributed by atoms with Crippen molar-refractivity contribution in [2.75, 3.05) is 37.3 Å². The first-order valence-electron chi connectivity index (χ1n) is 9.70. The lowest BCUT2D eigenvalue weighted by Gasteiger charge is -2.34. The summed E-state index contributed by atoms with van der Waals surface area (Å²) in [4.78, 5) is 23.6. The quantitative estimate of drug-likeness (QED) is 0.431. The molecule has 146 valence electrons. The van der Waals surface area contributed by atoms with Gasteiger partial charge >= 0.3 is 0 Å². The van der Waals surface area contributed by atoms with E-state index in [1.807, 2.05) is 35.2 Å². The summed E-state index contributed by atoms with van der Waals surface area (Å²) in [6.07, 6.45) is 2.09. The number of para-hydroxylation sites is 1. The second kappa shape index (κ2) is 7.69. The summed E-state index contributed by atoms with van der Waals surface area (Å²) in [6, 6.07) is 20.4. The van der Waals surface area contributed by atoms with E-state index in [2.05, 4.69) is 41.5 Å². The molecule has 5 rings (SSSR count). The predicted molar refractivity (Wildman–Crippen MR) is 123 cm³/mol. The first kappa shape index (κ1) is 18.5. The molecule has 0 unspecified atom stereocenters. The van der Waals surface area contributed by atoms with Gasteiger partial charge in [0.05, 0.1) is 10.2 Å². The number of piperazine rings is 1. The minimum atomic E-state index is 0.121. The molecule has 0 atom stereocenters. The fraction of sp³-hybridized carbons (Fsp3) is 0.217. The van der Waals surface area contributed by atoms with Gasteiger partial charge in [0.25, 0.3) is 5.91 Å². The molecule has 1 fully saturated rings. The highest BCUT2D eigenvalue weighted by Gasteiger charge is 2.25. The normalized spacial score (nSPS) is 14.7. The van der Waals surface area contributed by atoms with Crippen molar-refractivity contribution in [1.82, 2.24) is 9.88 Å². The minimum Gasteiger partial charge on any atom is -0.345 e. The van der Waals surface area contributed by atoms with Gasteiger partial charge in [-0.3, -0.25) is 4.79 Å². The third kappa shape index (κ3) is 3.36. The number of fused-ring (bicyclic) bond motifs is 2. The Morgan fingerprint density at radius 1 is 0.966 bits per heavy atom. The Bertz CT molecular complexity index is 1190. The molecular weight excluding hydrogens is 398 g/mol. The Hall–Kier alpha value is -2.57. The molecule has 1 saturated heterocycles. The van der Waals surface area contributed by atoms with E-state index in [1.54, 1.807) is 23.1 Å². The van der Waals surface area contributed by atoms with E-state index in [9.17, 15) is 4.79 Å². The average molecular weight is 420 g/mol. The number of hydrogen-bond acceptors (Lipinski definition) is 5.